The lowest BCUT2D eigenvalue weighted by molar-refractivity contribution is 0.304. The van der Waals surface area contributed by atoms with E-state index in [9.17, 15) is 0 Å². The van der Waals surface area contributed by atoms with Crippen LogP contribution < -0.4 is 5.32 Å². The average molecular weight is 241 g/mol. The lowest BCUT2D eigenvalue weighted by atomic mass is 9.84. The van der Waals surface area contributed by atoms with E-state index in [1.807, 2.05) is 12.1 Å². The van der Waals surface area contributed by atoms with E-state index in [0.29, 0.717) is 11.6 Å². The highest BCUT2D eigenvalue weighted by molar-refractivity contribution is 5.51. The van der Waals surface area contributed by atoms with E-state index in [-0.39, 0.29) is 0 Å². The van der Waals surface area contributed by atoms with Crippen molar-refractivity contribution in [3.8, 4) is 6.07 Å². The highest BCUT2D eigenvalue weighted by Crippen LogP contribution is 2.49. The van der Waals surface area contributed by atoms with Crippen LogP contribution in [0.25, 0.3) is 0 Å². The van der Waals surface area contributed by atoms with Gasteiger partial charge in [0.05, 0.1) is 5.56 Å². The van der Waals surface area contributed by atoms with Gasteiger partial charge in [-0.05, 0) is 56.1 Å². The molecule has 94 valence electrons. The van der Waals surface area contributed by atoms with Gasteiger partial charge in [0, 0.05) is 12.2 Å². The molecular weight excluding hydrogens is 222 g/mol. The molecule has 3 nitrogen and oxygen atoms in total. The molecule has 1 aromatic rings. The SMILES string of the molecule is C[C@@H](Nc1ncccc1C#N)[C@@H]1C[C@H]2CC[C@H]1C2. The van der Waals surface area contributed by atoms with E-state index >= 15 is 0 Å². The fourth-order valence-corrected chi connectivity index (χ4v) is 3.84. The monoisotopic (exact) mass is 241 g/mol. The third kappa shape index (κ3) is 1.96. The molecule has 1 N–H and O–H groups in total. The highest BCUT2D eigenvalue weighted by Gasteiger charge is 2.41. The number of aromatic nitrogens is 1. The van der Waals surface area contributed by atoms with Crippen molar-refractivity contribution in [1.29, 1.82) is 5.26 Å². The molecule has 2 aliphatic rings. The number of anilines is 1. The van der Waals surface area contributed by atoms with E-state index in [0.717, 1.165) is 23.6 Å². The number of nitrogens with one attached hydrogen (secondary N) is 1. The quantitative estimate of drug-likeness (QED) is 0.884. The Balaban J connectivity index is 1.71. The van der Waals surface area contributed by atoms with Crippen LogP contribution in [-0.2, 0) is 0 Å². The van der Waals surface area contributed by atoms with E-state index in [4.69, 9.17) is 5.26 Å². The van der Waals surface area contributed by atoms with Gasteiger partial charge in [-0.1, -0.05) is 6.42 Å². The smallest absolute Gasteiger partial charge is 0.144 e. The van der Waals surface area contributed by atoms with Gasteiger partial charge in [-0.25, -0.2) is 4.98 Å². The summed E-state index contributed by atoms with van der Waals surface area (Å²) in [5.41, 5.74) is 0.646. The number of fused-ring (bicyclic) bond motifs is 2. The van der Waals surface area contributed by atoms with Crippen LogP contribution in [-0.4, -0.2) is 11.0 Å². The predicted molar refractivity (Wildman–Crippen MR) is 71.0 cm³/mol. The number of nitrogens with zero attached hydrogens (tertiary/aromatic N) is 2. The van der Waals surface area contributed by atoms with Gasteiger partial charge < -0.3 is 5.32 Å². The van der Waals surface area contributed by atoms with Gasteiger partial charge in [0.1, 0.15) is 11.9 Å². The molecule has 1 aromatic heterocycles. The van der Waals surface area contributed by atoms with E-state index in [2.05, 4.69) is 23.3 Å². The minimum Gasteiger partial charge on any atom is -0.366 e. The zero-order valence-electron chi connectivity index (χ0n) is 10.8. The summed E-state index contributed by atoms with van der Waals surface area (Å²) in [6.45, 7) is 2.24. The van der Waals surface area contributed by atoms with Crippen molar-refractivity contribution in [2.45, 2.75) is 38.6 Å². The average Bonchev–Trinajstić information content (AvgIpc) is 3.01. The summed E-state index contributed by atoms with van der Waals surface area (Å²) < 4.78 is 0. The normalized spacial score (nSPS) is 31.0. The van der Waals surface area contributed by atoms with Gasteiger partial charge >= 0.3 is 0 Å². The van der Waals surface area contributed by atoms with Crippen molar-refractivity contribution < 1.29 is 0 Å². The van der Waals surface area contributed by atoms with Gasteiger partial charge in [-0.3, -0.25) is 0 Å². The summed E-state index contributed by atoms with van der Waals surface area (Å²) in [7, 11) is 0. The molecule has 4 atom stereocenters. The first-order valence-electron chi connectivity index (χ1n) is 6.89. The van der Waals surface area contributed by atoms with E-state index in [1.54, 1.807) is 6.20 Å². The summed E-state index contributed by atoms with van der Waals surface area (Å²) in [5.74, 6) is 3.36. The van der Waals surface area contributed by atoms with Crippen molar-refractivity contribution >= 4 is 5.82 Å². The third-order valence-electron chi connectivity index (χ3n) is 4.73. The van der Waals surface area contributed by atoms with Gasteiger partial charge in [0.25, 0.3) is 0 Å². The molecular formula is C15H19N3. The lowest BCUT2D eigenvalue weighted by Crippen LogP contribution is -2.30. The van der Waals surface area contributed by atoms with Gasteiger partial charge in [-0.2, -0.15) is 5.26 Å². The Morgan fingerprint density at radius 1 is 1.44 bits per heavy atom. The minimum absolute atomic E-state index is 0.419. The molecule has 2 saturated carbocycles. The molecule has 0 radical (unpaired) electrons. The second kappa shape index (κ2) is 4.61. The number of pyridine rings is 1. The molecule has 3 rings (SSSR count). The molecule has 0 spiro atoms. The molecule has 3 heteroatoms. The van der Waals surface area contributed by atoms with Crippen LogP contribution in [0.1, 0.15) is 38.2 Å². The molecule has 0 amide bonds. The second-order valence-electron chi connectivity index (χ2n) is 5.78. The Labute approximate surface area is 108 Å². The molecule has 0 aliphatic heterocycles. The molecule has 2 bridgehead atoms. The van der Waals surface area contributed by atoms with Crippen molar-refractivity contribution in [2.75, 3.05) is 5.32 Å². The summed E-state index contributed by atoms with van der Waals surface area (Å²) in [5, 5.41) is 12.5. The van der Waals surface area contributed by atoms with Gasteiger partial charge in [0.15, 0.2) is 0 Å². The molecule has 18 heavy (non-hydrogen) atoms. The third-order valence-corrected chi connectivity index (χ3v) is 4.73. The van der Waals surface area contributed by atoms with Crippen LogP contribution in [0.4, 0.5) is 5.82 Å². The second-order valence-corrected chi connectivity index (χ2v) is 5.78. The molecule has 0 aromatic carbocycles. The van der Waals surface area contributed by atoms with Crippen molar-refractivity contribution in [1.82, 2.24) is 4.98 Å². The maximum atomic E-state index is 9.07. The van der Waals surface area contributed by atoms with Crippen LogP contribution in [0, 0.1) is 29.1 Å². The molecule has 0 unspecified atom stereocenters. The van der Waals surface area contributed by atoms with Crippen LogP contribution in [0.3, 0.4) is 0 Å². The Kier molecular flexibility index (Phi) is 2.95. The summed E-state index contributed by atoms with van der Waals surface area (Å²) >= 11 is 0. The molecule has 2 fully saturated rings. The topological polar surface area (TPSA) is 48.7 Å². The minimum atomic E-state index is 0.419. The number of nitriles is 1. The summed E-state index contributed by atoms with van der Waals surface area (Å²) in [4.78, 5) is 4.29. The Hall–Kier alpha value is -1.56. The van der Waals surface area contributed by atoms with Crippen LogP contribution >= 0.6 is 0 Å². The molecule has 1 heterocycles. The van der Waals surface area contributed by atoms with Gasteiger partial charge in [-0.15, -0.1) is 0 Å². The molecule has 0 saturated heterocycles. The fraction of sp³-hybridized carbons (Fsp3) is 0.600. The van der Waals surface area contributed by atoms with Crippen LogP contribution in [0.15, 0.2) is 18.3 Å². The maximum absolute atomic E-state index is 9.07. The number of rotatable bonds is 3. The first-order valence-corrected chi connectivity index (χ1v) is 6.89. The van der Waals surface area contributed by atoms with Crippen molar-refractivity contribution in [3.63, 3.8) is 0 Å². The number of hydrogen-bond acceptors (Lipinski definition) is 3. The van der Waals surface area contributed by atoms with Crippen LogP contribution in [0.5, 0.6) is 0 Å². The van der Waals surface area contributed by atoms with Crippen molar-refractivity contribution in [2.24, 2.45) is 17.8 Å². The predicted octanol–water partition coefficient (Wildman–Crippen LogP) is 3.19. The first kappa shape index (κ1) is 11.5. The van der Waals surface area contributed by atoms with Crippen LogP contribution in [0.2, 0.25) is 0 Å². The van der Waals surface area contributed by atoms with Gasteiger partial charge in [0.2, 0.25) is 0 Å². The first-order chi connectivity index (χ1) is 8.78. The summed E-state index contributed by atoms with van der Waals surface area (Å²) in [6, 6.07) is 6.25. The molecule has 2 aliphatic carbocycles. The Morgan fingerprint density at radius 3 is 3.00 bits per heavy atom. The zero-order chi connectivity index (χ0) is 12.5. The number of hydrogen-bond donors (Lipinski definition) is 1. The summed E-state index contributed by atoms with van der Waals surface area (Å²) in [6.07, 6.45) is 7.35. The zero-order valence-corrected chi connectivity index (χ0v) is 10.8. The standard InChI is InChI=1S/C15H19N3/c1-10(14-8-11-4-5-12(14)7-11)18-15-13(9-16)3-2-6-17-15/h2-3,6,10-12,14H,4-5,7-8H2,1H3,(H,17,18)/t10-,11+,12+,14+/m1/s1. The highest BCUT2D eigenvalue weighted by atomic mass is 15.0. The maximum Gasteiger partial charge on any atom is 0.144 e. The fourth-order valence-electron chi connectivity index (χ4n) is 3.84. The van der Waals surface area contributed by atoms with E-state index < -0.39 is 0 Å². The van der Waals surface area contributed by atoms with E-state index in [1.165, 1.54) is 25.7 Å². The largest absolute Gasteiger partial charge is 0.366 e. The Bertz CT molecular complexity index is 477. The lowest BCUT2D eigenvalue weighted by Gasteiger charge is -2.29. The Morgan fingerprint density at radius 2 is 2.33 bits per heavy atom. The van der Waals surface area contributed by atoms with Crippen molar-refractivity contribution in [3.05, 3.63) is 23.9 Å².